The summed E-state index contributed by atoms with van der Waals surface area (Å²) in [6.07, 6.45) is -9.63. The van der Waals surface area contributed by atoms with Crippen molar-refractivity contribution in [2.24, 2.45) is 0 Å². The molecular weight excluding hydrogens is 460 g/mol. The molecule has 2 heterocycles. The smallest absolute Gasteiger partial charge is 0.319 e. The van der Waals surface area contributed by atoms with Crippen molar-refractivity contribution in [2.75, 3.05) is 5.32 Å². The van der Waals surface area contributed by atoms with Gasteiger partial charge in [0, 0.05) is 23.9 Å². The van der Waals surface area contributed by atoms with E-state index in [0.29, 0.717) is 17.8 Å². The number of carbonyl (C=O) groups is 2. The number of thiazole rings is 1. The Balaban J connectivity index is 1.68. The molecule has 0 unspecified atom stereocenters. The molecule has 0 spiro atoms. The highest BCUT2D eigenvalue weighted by molar-refractivity contribution is 7.07. The van der Waals surface area contributed by atoms with Crippen molar-refractivity contribution < 1.29 is 35.9 Å². The van der Waals surface area contributed by atoms with Gasteiger partial charge in [-0.1, -0.05) is 0 Å². The van der Waals surface area contributed by atoms with Crippen LogP contribution in [0.15, 0.2) is 47.4 Å². The molecular formula is C20H13F6N3O2S. The number of amides is 1. The number of nitrogens with one attached hydrogen (secondary N) is 1. The van der Waals surface area contributed by atoms with Gasteiger partial charge in [-0.2, -0.15) is 26.3 Å². The van der Waals surface area contributed by atoms with Gasteiger partial charge in [0.15, 0.2) is 0 Å². The lowest BCUT2D eigenvalue weighted by Crippen LogP contribution is -2.14. The van der Waals surface area contributed by atoms with Gasteiger partial charge in [0.25, 0.3) is 5.91 Å². The molecule has 0 aliphatic heterocycles. The first-order chi connectivity index (χ1) is 14.9. The Hall–Kier alpha value is -3.28. The number of aromatic nitrogens is 2. The zero-order chi connectivity index (χ0) is 23.5. The maximum Gasteiger partial charge on any atom is 0.416 e. The molecule has 1 N–H and O–H groups in total. The second kappa shape index (κ2) is 9.07. The van der Waals surface area contributed by atoms with Crippen LogP contribution in [0.4, 0.5) is 32.0 Å². The first kappa shape index (κ1) is 23.4. The van der Waals surface area contributed by atoms with Crippen molar-refractivity contribution in [1.82, 2.24) is 9.97 Å². The number of alkyl halides is 6. The van der Waals surface area contributed by atoms with Gasteiger partial charge in [-0.3, -0.25) is 14.6 Å². The molecule has 1 amide bonds. The first-order valence-corrected chi connectivity index (χ1v) is 9.80. The molecule has 0 bridgehead atoms. The van der Waals surface area contributed by atoms with E-state index in [1.165, 1.54) is 35.2 Å². The number of Topliss-reactive ketones (excluding diaryl/α,β-unsaturated/α-hetero) is 1. The Labute approximate surface area is 181 Å². The molecule has 0 saturated heterocycles. The van der Waals surface area contributed by atoms with Gasteiger partial charge in [0.05, 0.1) is 28.5 Å². The quantitative estimate of drug-likeness (QED) is 0.501. The molecule has 0 aliphatic carbocycles. The number of hydrogen-bond donors (Lipinski definition) is 1. The van der Waals surface area contributed by atoms with Gasteiger partial charge in [-0.15, -0.1) is 11.3 Å². The lowest BCUT2D eigenvalue weighted by molar-refractivity contribution is -0.143. The third-order valence-corrected chi connectivity index (χ3v) is 4.76. The fourth-order valence-corrected chi connectivity index (χ4v) is 3.27. The van der Waals surface area contributed by atoms with Crippen molar-refractivity contribution >= 4 is 28.7 Å². The lowest BCUT2D eigenvalue weighted by Gasteiger charge is -2.14. The van der Waals surface area contributed by atoms with Crippen LogP contribution >= 0.6 is 11.3 Å². The summed E-state index contributed by atoms with van der Waals surface area (Å²) in [4.78, 5) is 32.0. The summed E-state index contributed by atoms with van der Waals surface area (Å²) in [5.74, 6) is -1.08. The van der Waals surface area contributed by atoms with E-state index in [2.05, 4.69) is 15.3 Å². The number of carbonyl (C=O) groups excluding carboxylic acids is 2. The van der Waals surface area contributed by atoms with E-state index in [1.54, 1.807) is 5.38 Å². The Morgan fingerprint density at radius 2 is 1.56 bits per heavy atom. The summed E-state index contributed by atoms with van der Waals surface area (Å²) in [6, 6.07) is 3.94. The number of pyridine rings is 1. The van der Waals surface area contributed by atoms with E-state index in [4.69, 9.17) is 0 Å². The first-order valence-electron chi connectivity index (χ1n) is 8.86. The molecule has 2 aromatic heterocycles. The molecule has 0 fully saturated rings. The average molecular weight is 473 g/mol. The van der Waals surface area contributed by atoms with E-state index in [0.717, 1.165) is 0 Å². The Morgan fingerprint density at radius 3 is 2.06 bits per heavy atom. The minimum absolute atomic E-state index is 0.00810. The monoisotopic (exact) mass is 473 g/mol. The SMILES string of the molecule is O=C(Cc1cc(C(F)(F)F)cc(C(F)(F)F)c1)Cc1ccc(NC(=O)c2cscn2)cn1. The zero-order valence-corrected chi connectivity index (χ0v) is 16.7. The summed E-state index contributed by atoms with van der Waals surface area (Å²) in [7, 11) is 0. The normalized spacial score (nSPS) is 11.9. The van der Waals surface area contributed by atoms with Crippen LogP contribution in [-0.4, -0.2) is 21.7 Å². The highest BCUT2D eigenvalue weighted by atomic mass is 32.1. The number of ketones is 1. The molecule has 5 nitrogen and oxygen atoms in total. The minimum Gasteiger partial charge on any atom is -0.319 e. The maximum absolute atomic E-state index is 12.9. The number of anilines is 1. The van der Waals surface area contributed by atoms with E-state index in [9.17, 15) is 35.9 Å². The van der Waals surface area contributed by atoms with Crippen molar-refractivity contribution in [2.45, 2.75) is 25.2 Å². The predicted octanol–water partition coefficient (Wildman–Crippen LogP) is 5.18. The highest BCUT2D eigenvalue weighted by Crippen LogP contribution is 2.36. The van der Waals surface area contributed by atoms with Gasteiger partial charge in [0.2, 0.25) is 0 Å². The third-order valence-electron chi connectivity index (χ3n) is 4.17. The van der Waals surface area contributed by atoms with Crippen molar-refractivity contribution in [3.63, 3.8) is 0 Å². The number of nitrogens with zero attached hydrogens (tertiary/aromatic N) is 2. The number of benzene rings is 1. The average Bonchev–Trinajstić information content (AvgIpc) is 3.23. The topological polar surface area (TPSA) is 72.0 Å². The van der Waals surface area contributed by atoms with Crippen LogP contribution in [0.25, 0.3) is 0 Å². The minimum atomic E-state index is -4.99. The number of halogens is 6. The summed E-state index contributed by atoms with van der Waals surface area (Å²) in [5.41, 5.74) is -1.08. The molecule has 1 aromatic carbocycles. The fourth-order valence-electron chi connectivity index (χ4n) is 2.74. The van der Waals surface area contributed by atoms with Crippen LogP contribution in [0.2, 0.25) is 0 Å². The predicted molar refractivity (Wildman–Crippen MR) is 103 cm³/mol. The largest absolute Gasteiger partial charge is 0.416 e. The van der Waals surface area contributed by atoms with E-state index < -0.39 is 47.2 Å². The molecule has 0 radical (unpaired) electrons. The van der Waals surface area contributed by atoms with Gasteiger partial charge in [0.1, 0.15) is 11.5 Å². The molecule has 0 saturated carbocycles. The van der Waals surface area contributed by atoms with E-state index >= 15 is 0 Å². The maximum atomic E-state index is 12.9. The van der Waals surface area contributed by atoms with Crippen molar-refractivity contribution in [3.05, 3.63) is 75.5 Å². The zero-order valence-electron chi connectivity index (χ0n) is 15.9. The van der Waals surface area contributed by atoms with Gasteiger partial charge in [-0.05, 0) is 35.9 Å². The second-order valence-corrected chi connectivity index (χ2v) is 7.39. The van der Waals surface area contributed by atoms with Crippen molar-refractivity contribution in [1.29, 1.82) is 0 Å². The van der Waals surface area contributed by atoms with Crippen LogP contribution in [0, 0.1) is 0 Å². The summed E-state index contributed by atoms with van der Waals surface area (Å²) >= 11 is 1.24. The molecule has 0 atom stereocenters. The number of rotatable bonds is 6. The molecule has 12 heteroatoms. The Kier molecular flexibility index (Phi) is 6.63. The van der Waals surface area contributed by atoms with E-state index in [-0.39, 0.29) is 23.9 Å². The third kappa shape index (κ3) is 6.13. The lowest BCUT2D eigenvalue weighted by atomic mass is 9.99. The van der Waals surface area contributed by atoms with Crippen molar-refractivity contribution in [3.8, 4) is 0 Å². The number of hydrogen-bond acceptors (Lipinski definition) is 5. The molecule has 168 valence electrons. The highest BCUT2D eigenvalue weighted by Gasteiger charge is 2.37. The Bertz CT molecular complexity index is 1080. The van der Waals surface area contributed by atoms with Crippen LogP contribution in [0.5, 0.6) is 0 Å². The molecule has 3 rings (SSSR count). The van der Waals surface area contributed by atoms with E-state index in [1.807, 2.05) is 0 Å². The summed E-state index contributed by atoms with van der Waals surface area (Å²) in [6.45, 7) is 0. The van der Waals surface area contributed by atoms with Gasteiger partial charge in [-0.25, -0.2) is 4.98 Å². The second-order valence-electron chi connectivity index (χ2n) is 6.67. The van der Waals surface area contributed by atoms with Crippen LogP contribution in [-0.2, 0) is 30.0 Å². The molecule has 0 aliphatic rings. The summed E-state index contributed by atoms with van der Waals surface area (Å²) in [5, 5.41) is 4.10. The van der Waals surface area contributed by atoms with Crippen LogP contribution in [0.1, 0.15) is 32.9 Å². The van der Waals surface area contributed by atoms with Gasteiger partial charge >= 0.3 is 12.4 Å². The Morgan fingerprint density at radius 1 is 0.906 bits per heavy atom. The van der Waals surface area contributed by atoms with Gasteiger partial charge < -0.3 is 5.32 Å². The van der Waals surface area contributed by atoms with Crippen LogP contribution < -0.4 is 5.32 Å². The molecule has 32 heavy (non-hydrogen) atoms. The fraction of sp³-hybridized carbons (Fsp3) is 0.200. The molecule has 3 aromatic rings. The standard InChI is InChI=1S/C20H13F6N3O2S/c21-19(22,23)12-3-11(4-13(6-12)20(24,25)26)5-16(30)7-14-1-2-15(8-27-14)29-18(31)17-9-32-10-28-17/h1-4,6,8-10H,5,7H2,(H,29,31). The summed E-state index contributed by atoms with van der Waals surface area (Å²) < 4.78 is 77.7. The van der Waals surface area contributed by atoms with Crippen LogP contribution in [0.3, 0.4) is 0 Å².